The summed E-state index contributed by atoms with van der Waals surface area (Å²) >= 11 is 0. The maximum Gasteiger partial charge on any atom is 0.248 e. The van der Waals surface area contributed by atoms with Crippen molar-refractivity contribution in [1.82, 2.24) is 60.0 Å². The lowest BCUT2D eigenvalue weighted by atomic mass is 9.98. The second-order valence-electron chi connectivity index (χ2n) is 24.1. The van der Waals surface area contributed by atoms with Crippen LogP contribution in [0.2, 0.25) is 0 Å². The minimum absolute atomic E-state index is 0.0793. The van der Waals surface area contributed by atoms with Gasteiger partial charge in [-0.15, -0.1) is 0 Å². The molecule has 0 unspecified atom stereocenters. The lowest BCUT2D eigenvalue weighted by Crippen LogP contribution is -2.62. The number of aliphatic hydroxyl groups excluding tert-OH is 1. The summed E-state index contributed by atoms with van der Waals surface area (Å²) in [7, 11) is 10.9. The number of likely N-dealkylation sites (N-methyl/N-ethyl adjacent to an activating group) is 8. The van der Waals surface area contributed by atoms with Crippen molar-refractivity contribution in [2.45, 2.75) is 194 Å². The van der Waals surface area contributed by atoms with E-state index in [0.29, 0.717) is 31.5 Å². The third-order valence-corrected chi connectivity index (χ3v) is 16.9. The molecule has 0 saturated carbocycles. The quantitative estimate of drug-likeness (QED) is 0.273. The van der Waals surface area contributed by atoms with Gasteiger partial charge in [0, 0.05) is 75.9 Å². The van der Waals surface area contributed by atoms with E-state index in [1.54, 1.807) is 35.2 Å². The molecule has 2 saturated heterocycles. The van der Waals surface area contributed by atoms with Gasteiger partial charge < -0.3 is 65.2 Å². The summed E-state index contributed by atoms with van der Waals surface area (Å²) in [6.07, 6.45) is 0.262. The zero-order valence-corrected chi connectivity index (χ0v) is 53.7. The Morgan fingerprint density at radius 3 is 1.34 bits per heavy atom. The number of benzene rings is 1. The molecule has 0 aromatic heterocycles. The van der Waals surface area contributed by atoms with Crippen LogP contribution in [0.1, 0.15) is 120 Å². The Labute approximate surface area is 502 Å². The van der Waals surface area contributed by atoms with E-state index in [-0.39, 0.29) is 31.1 Å². The van der Waals surface area contributed by atoms with Crippen molar-refractivity contribution in [2.75, 3.05) is 69.5 Å². The molecule has 476 valence electrons. The van der Waals surface area contributed by atoms with Gasteiger partial charge in [0.2, 0.25) is 70.9 Å². The minimum Gasteiger partial charge on any atom is -0.391 e. The van der Waals surface area contributed by atoms with Gasteiger partial charge in [-0.05, 0) is 98.0 Å². The van der Waals surface area contributed by atoms with Crippen molar-refractivity contribution in [3.63, 3.8) is 0 Å². The lowest BCUT2D eigenvalue weighted by molar-refractivity contribution is -0.154. The standard InChI is InChI=1S/C60H98N12O13/c1-34(2)30-46-58(83)66(14)38(7)51(76)62-44(57(82)72-28-24-21-25-29-72)33-48(74)64(12)39(8)54(79)65(13)37(6)50(75)61-36(5)53(78)67(15)40(9)55(80)71(19)47(31-35(3)4)59(84)69(17)45(32-43-26-22-20-23-27-43)52(77)63-49(42(11)73)60(85)68(16)41(10)56(81)70(46)18/h20,22-23,26-27,34-42,44-47,49,73H,21,24-25,28-33H2,1-19H3,(H,61,75)(H,62,76)(H,63,77)/t36-,37-,38-,39-,40-,41-,42+,44-,45-,46-,47-,49-/m0/s1. The molecule has 2 aliphatic heterocycles. The number of nitrogens with one attached hydrogen (secondary N) is 3. The fourth-order valence-corrected chi connectivity index (χ4v) is 10.3. The average Bonchev–Trinajstić information content (AvgIpc) is 3.61. The number of likely N-dealkylation sites (tertiary alicyclic amines) is 1. The third kappa shape index (κ3) is 18.4. The van der Waals surface area contributed by atoms with Crippen LogP contribution < -0.4 is 16.0 Å². The molecule has 0 spiro atoms. The van der Waals surface area contributed by atoms with Gasteiger partial charge in [0.05, 0.1) is 12.5 Å². The van der Waals surface area contributed by atoms with Crippen molar-refractivity contribution in [2.24, 2.45) is 11.8 Å². The maximum absolute atomic E-state index is 14.9. The van der Waals surface area contributed by atoms with E-state index >= 15 is 0 Å². The summed E-state index contributed by atoms with van der Waals surface area (Å²) in [5.74, 6) is -8.94. The Bertz CT molecular complexity index is 2560. The largest absolute Gasteiger partial charge is 0.391 e. The third-order valence-electron chi connectivity index (χ3n) is 16.9. The number of carbonyl (C=O) groups excluding carboxylic acids is 12. The lowest BCUT2D eigenvalue weighted by Gasteiger charge is -2.38. The van der Waals surface area contributed by atoms with Crippen LogP contribution in [0.4, 0.5) is 0 Å². The predicted octanol–water partition coefficient (Wildman–Crippen LogP) is 0.308. The zero-order valence-electron chi connectivity index (χ0n) is 53.7. The molecule has 12 atom stereocenters. The number of hydrogen-bond donors (Lipinski definition) is 4. The van der Waals surface area contributed by atoms with Gasteiger partial charge in [-0.2, -0.15) is 0 Å². The summed E-state index contributed by atoms with van der Waals surface area (Å²) < 4.78 is 0. The van der Waals surface area contributed by atoms with E-state index in [1.807, 2.05) is 27.7 Å². The van der Waals surface area contributed by atoms with Crippen molar-refractivity contribution in [1.29, 1.82) is 0 Å². The SMILES string of the molecule is CC(C)C[C@H]1C(=O)N(C)[C@@H](C)C(=O)N[C@H](C(=O)N2CCCCC2)CC(=O)N(C)[C@@H](C)C(=O)N(C)[C@@H](C)C(=O)N[C@@H](C)C(=O)N(C)[C@@H](C)C(=O)N(C)[C@@H](CC(C)C)C(=O)N(C)[C@@H](Cc2ccccc2)C(=O)N[C@@H]([C@@H](C)O)C(=O)N(C)[C@@H](C)C(=O)N1C. The topological polar surface area (TPSA) is 290 Å². The molecule has 0 bridgehead atoms. The monoisotopic (exact) mass is 1190 g/mol. The molecule has 25 heteroatoms. The molecule has 4 N–H and O–H groups in total. The van der Waals surface area contributed by atoms with Crippen LogP contribution in [-0.2, 0) is 64.0 Å². The highest BCUT2D eigenvalue weighted by Crippen LogP contribution is 2.22. The van der Waals surface area contributed by atoms with Crippen LogP contribution >= 0.6 is 0 Å². The summed E-state index contributed by atoms with van der Waals surface area (Å²) in [5.41, 5.74) is 0.625. The van der Waals surface area contributed by atoms with Crippen molar-refractivity contribution < 1.29 is 62.6 Å². The normalized spacial score (nSPS) is 28.3. The second kappa shape index (κ2) is 31.8. The van der Waals surface area contributed by atoms with Gasteiger partial charge in [-0.3, -0.25) is 57.5 Å². The van der Waals surface area contributed by atoms with Crippen molar-refractivity contribution in [3.05, 3.63) is 35.9 Å². The van der Waals surface area contributed by atoms with E-state index in [9.17, 15) is 62.6 Å². The van der Waals surface area contributed by atoms with Crippen molar-refractivity contribution in [3.8, 4) is 0 Å². The zero-order chi connectivity index (χ0) is 64.8. The first-order valence-corrected chi connectivity index (χ1v) is 29.5. The number of rotatable bonds is 8. The fourth-order valence-electron chi connectivity index (χ4n) is 10.3. The number of carbonyl (C=O) groups is 12. The average molecular weight is 1200 g/mol. The van der Waals surface area contributed by atoms with Gasteiger partial charge in [-0.25, -0.2) is 0 Å². The van der Waals surface area contributed by atoms with Crippen LogP contribution in [0, 0.1) is 11.8 Å². The maximum atomic E-state index is 14.9. The molecule has 3 rings (SSSR count). The first-order valence-electron chi connectivity index (χ1n) is 29.5. The first kappa shape index (κ1) is 72.1. The second-order valence-corrected chi connectivity index (χ2v) is 24.1. The first-order chi connectivity index (χ1) is 39.5. The number of amides is 12. The summed E-state index contributed by atoms with van der Waals surface area (Å²) in [4.78, 5) is 183. The molecule has 0 radical (unpaired) electrons. The molecule has 85 heavy (non-hydrogen) atoms. The van der Waals surface area contributed by atoms with Crippen LogP contribution in [0.5, 0.6) is 0 Å². The van der Waals surface area contributed by atoms with Crippen LogP contribution in [0.25, 0.3) is 0 Å². The Kier molecular flexibility index (Phi) is 27.0. The molecule has 0 aliphatic carbocycles. The minimum atomic E-state index is -1.67. The predicted molar refractivity (Wildman–Crippen MR) is 318 cm³/mol. The summed E-state index contributed by atoms with van der Waals surface area (Å²) in [5, 5.41) is 19.2. The Balaban J connectivity index is 2.21. The Morgan fingerprint density at radius 2 is 0.871 bits per heavy atom. The Morgan fingerprint density at radius 1 is 0.471 bits per heavy atom. The van der Waals surface area contributed by atoms with Crippen LogP contribution in [-0.4, -0.2) is 262 Å². The molecule has 1 aromatic rings. The molecular formula is C60H98N12O13. The van der Waals surface area contributed by atoms with Gasteiger partial charge in [0.15, 0.2) is 0 Å². The van der Waals surface area contributed by atoms with Crippen molar-refractivity contribution >= 4 is 70.9 Å². The smallest absolute Gasteiger partial charge is 0.248 e. The van der Waals surface area contributed by atoms with E-state index in [0.717, 1.165) is 30.9 Å². The molecule has 25 nitrogen and oxygen atoms in total. The highest BCUT2D eigenvalue weighted by Gasteiger charge is 2.43. The van der Waals surface area contributed by atoms with E-state index in [1.165, 1.54) is 120 Å². The molecule has 2 aliphatic rings. The van der Waals surface area contributed by atoms with Crippen LogP contribution in [0.15, 0.2) is 30.3 Å². The van der Waals surface area contributed by atoms with E-state index in [4.69, 9.17) is 0 Å². The summed E-state index contributed by atoms with van der Waals surface area (Å²) in [6, 6.07) is -5.53. The molecule has 2 fully saturated rings. The number of aliphatic hydroxyl groups is 1. The van der Waals surface area contributed by atoms with Gasteiger partial charge in [0.25, 0.3) is 0 Å². The van der Waals surface area contributed by atoms with Crippen LogP contribution in [0.3, 0.4) is 0 Å². The fraction of sp³-hybridized carbons (Fsp3) is 0.700. The van der Waals surface area contributed by atoms with Gasteiger partial charge in [0.1, 0.15) is 66.5 Å². The molecular weight excluding hydrogens is 1100 g/mol. The highest BCUT2D eigenvalue weighted by molar-refractivity contribution is 6.00. The van der Waals surface area contributed by atoms with E-state index in [2.05, 4.69) is 16.0 Å². The molecule has 2 heterocycles. The molecule has 1 aromatic carbocycles. The number of nitrogens with zero attached hydrogens (tertiary/aromatic N) is 9. The molecule has 12 amide bonds. The van der Waals surface area contributed by atoms with Gasteiger partial charge >= 0.3 is 0 Å². The highest BCUT2D eigenvalue weighted by atomic mass is 16.3. The van der Waals surface area contributed by atoms with E-state index < -0.39 is 150 Å². The Hall–Kier alpha value is -7.18. The summed E-state index contributed by atoms with van der Waals surface area (Å²) in [6.45, 7) is 17.9. The number of hydrogen-bond acceptors (Lipinski definition) is 13. The number of piperidine rings is 1. The van der Waals surface area contributed by atoms with Gasteiger partial charge in [-0.1, -0.05) is 58.0 Å².